The first-order valence-corrected chi connectivity index (χ1v) is 6.61. The lowest BCUT2D eigenvalue weighted by molar-refractivity contribution is 0.600. The smallest absolute Gasteiger partial charge is 0.265 e. The maximum atomic E-state index is 12.1. The van der Waals surface area contributed by atoms with Crippen LogP contribution in [0.5, 0.6) is 0 Å². The summed E-state index contributed by atoms with van der Waals surface area (Å²) in [4.78, 5) is 0.119. The number of aromatic amines is 1. The number of aromatic nitrogens is 2. The number of rotatable bonds is 3. The van der Waals surface area contributed by atoms with E-state index < -0.39 is 10.0 Å². The Hall–Kier alpha value is -2.26. The average Bonchev–Trinajstić information content (AvgIpc) is 2.76. The topological polar surface area (TPSA) is 74.8 Å². The Balaban J connectivity index is 2.34. The molecule has 1 aromatic carbocycles. The number of anilines is 1. The van der Waals surface area contributed by atoms with Crippen LogP contribution in [0, 0.1) is 19.3 Å². The molecule has 1 aromatic heterocycles. The van der Waals surface area contributed by atoms with Gasteiger partial charge in [-0.05, 0) is 25.1 Å². The Bertz CT molecular complexity index is 711. The Morgan fingerprint density at radius 3 is 2.83 bits per heavy atom. The maximum absolute atomic E-state index is 12.1. The zero-order valence-corrected chi connectivity index (χ0v) is 10.5. The molecule has 0 atom stereocenters. The summed E-state index contributed by atoms with van der Waals surface area (Å²) >= 11 is 0. The molecule has 0 bridgehead atoms. The van der Waals surface area contributed by atoms with E-state index in [9.17, 15) is 8.42 Å². The summed E-state index contributed by atoms with van der Waals surface area (Å²) in [6.07, 6.45) is 6.53. The van der Waals surface area contributed by atoms with Crippen LogP contribution in [0.4, 0.5) is 5.69 Å². The minimum absolute atomic E-state index is 0.119. The van der Waals surface area contributed by atoms with Crippen LogP contribution >= 0.6 is 0 Å². The monoisotopic (exact) mass is 261 g/mol. The van der Waals surface area contributed by atoms with Crippen molar-refractivity contribution in [2.45, 2.75) is 11.8 Å². The summed E-state index contributed by atoms with van der Waals surface area (Å²) < 4.78 is 26.6. The van der Waals surface area contributed by atoms with Gasteiger partial charge in [-0.1, -0.05) is 12.0 Å². The van der Waals surface area contributed by atoms with Crippen molar-refractivity contribution in [3.05, 3.63) is 41.7 Å². The predicted octanol–water partition coefficient (Wildman–Crippen LogP) is 1.50. The predicted molar refractivity (Wildman–Crippen MR) is 68.5 cm³/mol. The first-order valence-electron chi connectivity index (χ1n) is 5.12. The molecule has 0 aliphatic carbocycles. The SMILES string of the molecule is C#Cc1cccc(NS(=O)(=O)c2cn[nH]c2C)c1. The lowest BCUT2D eigenvalue weighted by Crippen LogP contribution is -2.13. The molecular weight excluding hydrogens is 250 g/mol. The maximum Gasteiger partial charge on any atom is 0.265 e. The van der Waals surface area contributed by atoms with Crippen LogP contribution in [0.25, 0.3) is 0 Å². The van der Waals surface area contributed by atoms with Gasteiger partial charge in [0.15, 0.2) is 0 Å². The van der Waals surface area contributed by atoms with Gasteiger partial charge in [-0.3, -0.25) is 9.82 Å². The average molecular weight is 261 g/mol. The first kappa shape index (κ1) is 12.2. The van der Waals surface area contributed by atoms with Crippen LogP contribution in [-0.2, 0) is 10.0 Å². The van der Waals surface area contributed by atoms with Crippen molar-refractivity contribution in [3.8, 4) is 12.3 Å². The fraction of sp³-hybridized carbons (Fsp3) is 0.0833. The van der Waals surface area contributed by atoms with Gasteiger partial charge in [-0.25, -0.2) is 8.42 Å². The van der Waals surface area contributed by atoms with E-state index in [1.807, 2.05) is 0 Å². The number of benzene rings is 1. The third-order valence-corrected chi connectivity index (χ3v) is 3.85. The summed E-state index contributed by atoms with van der Waals surface area (Å²) in [6, 6.07) is 6.64. The van der Waals surface area contributed by atoms with Gasteiger partial charge >= 0.3 is 0 Å². The standard InChI is InChI=1S/C12H11N3O2S/c1-3-10-5-4-6-11(7-10)15-18(16,17)12-8-13-14-9(12)2/h1,4-8,15H,2H3,(H,13,14). The molecule has 18 heavy (non-hydrogen) atoms. The molecule has 5 nitrogen and oxygen atoms in total. The lowest BCUT2D eigenvalue weighted by atomic mass is 10.2. The Kier molecular flexibility index (Phi) is 3.08. The highest BCUT2D eigenvalue weighted by Crippen LogP contribution is 2.18. The molecule has 92 valence electrons. The summed E-state index contributed by atoms with van der Waals surface area (Å²) in [7, 11) is -3.64. The van der Waals surface area contributed by atoms with Crippen molar-refractivity contribution in [2.75, 3.05) is 4.72 Å². The molecule has 1 heterocycles. The molecule has 0 fully saturated rings. The van der Waals surface area contributed by atoms with E-state index in [0.717, 1.165) is 0 Å². The van der Waals surface area contributed by atoms with Gasteiger partial charge < -0.3 is 0 Å². The molecule has 2 N–H and O–H groups in total. The number of aryl methyl sites for hydroxylation is 1. The van der Waals surface area contributed by atoms with Crippen LogP contribution < -0.4 is 4.72 Å². The number of terminal acetylenes is 1. The summed E-state index contributed by atoms with van der Waals surface area (Å²) in [6.45, 7) is 1.64. The Labute approximate surface area is 105 Å². The van der Waals surface area contributed by atoms with Gasteiger partial charge in [-0.15, -0.1) is 6.42 Å². The van der Waals surface area contributed by atoms with E-state index in [1.54, 1.807) is 31.2 Å². The molecule has 0 saturated carbocycles. The third-order valence-electron chi connectivity index (χ3n) is 2.35. The van der Waals surface area contributed by atoms with Crippen molar-refractivity contribution in [3.63, 3.8) is 0 Å². The van der Waals surface area contributed by atoms with Gasteiger partial charge in [0.25, 0.3) is 10.0 Å². The molecule has 0 amide bonds. The van der Waals surface area contributed by atoms with E-state index in [1.165, 1.54) is 6.20 Å². The summed E-state index contributed by atoms with van der Waals surface area (Å²) in [5, 5.41) is 6.27. The van der Waals surface area contributed by atoms with E-state index in [2.05, 4.69) is 20.8 Å². The molecule has 0 unspecified atom stereocenters. The summed E-state index contributed by atoms with van der Waals surface area (Å²) in [5.41, 5.74) is 1.51. The highest BCUT2D eigenvalue weighted by Gasteiger charge is 2.18. The van der Waals surface area contributed by atoms with Gasteiger partial charge in [0.2, 0.25) is 0 Å². The van der Waals surface area contributed by atoms with Gasteiger partial charge in [0.05, 0.1) is 17.6 Å². The zero-order valence-electron chi connectivity index (χ0n) is 9.64. The molecule has 0 saturated heterocycles. The number of hydrogen-bond donors (Lipinski definition) is 2. The third kappa shape index (κ3) is 2.36. The first-order chi connectivity index (χ1) is 8.53. The zero-order chi connectivity index (χ0) is 13.2. The largest absolute Gasteiger partial charge is 0.281 e. The van der Waals surface area contributed by atoms with Crippen LogP contribution in [0.3, 0.4) is 0 Å². The van der Waals surface area contributed by atoms with Gasteiger partial charge in [-0.2, -0.15) is 5.10 Å². The number of H-pyrrole nitrogens is 1. The van der Waals surface area contributed by atoms with Crippen molar-refractivity contribution < 1.29 is 8.42 Å². The van der Waals surface area contributed by atoms with E-state index in [-0.39, 0.29) is 4.90 Å². The molecule has 0 radical (unpaired) electrons. The highest BCUT2D eigenvalue weighted by atomic mass is 32.2. The second-order valence-electron chi connectivity index (χ2n) is 3.69. The fourth-order valence-corrected chi connectivity index (χ4v) is 2.68. The Morgan fingerprint density at radius 2 is 2.22 bits per heavy atom. The Morgan fingerprint density at radius 1 is 1.44 bits per heavy atom. The second-order valence-corrected chi connectivity index (χ2v) is 5.34. The molecule has 6 heteroatoms. The van der Waals surface area contributed by atoms with Crippen molar-refractivity contribution in [2.24, 2.45) is 0 Å². The van der Waals surface area contributed by atoms with Crippen LogP contribution in [0.1, 0.15) is 11.3 Å². The molecule has 2 aromatic rings. The fourth-order valence-electron chi connectivity index (χ4n) is 1.49. The normalized spacial score (nSPS) is 10.9. The van der Waals surface area contributed by atoms with Gasteiger partial charge in [0.1, 0.15) is 4.90 Å². The second kappa shape index (κ2) is 4.55. The molecule has 0 aliphatic heterocycles. The number of hydrogen-bond acceptors (Lipinski definition) is 3. The van der Waals surface area contributed by atoms with Crippen molar-refractivity contribution >= 4 is 15.7 Å². The highest BCUT2D eigenvalue weighted by molar-refractivity contribution is 7.92. The van der Waals surface area contributed by atoms with E-state index >= 15 is 0 Å². The van der Waals surface area contributed by atoms with Crippen LogP contribution in [0.2, 0.25) is 0 Å². The molecule has 2 rings (SSSR count). The molecule has 0 aliphatic rings. The van der Waals surface area contributed by atoms with Crippen LogP contribution in [0.15, 0.2) is 35.4 Å². The number of sulfonamides is 1. The van der Waals surface area contributed by atoms with E-state index in [4.69, 9.17) is 6.42 Å². The molecular formula is C12H11N3O2S. The minimum Gasteiger partial charge on any atom is -0.281 e. The summed E-state index contributed by atoms with van der Waals surface area (Å²) in [5.74, 6) is 2.45. The van der Waals surface area contributed by atoms with Crippen molar-refractivity contribution in [1.29, 1.82) is 0 Å². The number of nitrogens with one attached hydrogen (secondary N) is 2. The minimum atomic E-state index is -3.64. The van der Waals surface area contributed by atoms with Crippen molar-refractivity contribution in [1.82, 2.24) is 10.2 Å². The van der Waals surface area contributed by atoms with Crippen LogP contribution in [-0.4, -0.2) is 18.6 Å². The van der Waals surface area contributed by atoms with E-state index in [0.29, 0.717) is 16.9 Å². The quantitative estimate of drug-likeness (QED) is 0.822. The molecule has 0 spiro atoms. The number of nitrogens with zero attached hydrogens (tertiary/aromatic N) is 1. The van der Waals surface area contributed by atoms with Gasteiger partial charge in [0, 0.05) is 5.56 Å². The lowest BCUT2D eigenvalue weighted by Gasteiger charge is -2.07.